The number of aromatic amines is 1. The number of hydrogen-bond donors (Lipinski definition) is 2. The highest BCUT2D eigenvalue weighted by Crippen LogP contribution is 2.24. The molecule has 1 fully saturated rings. The number of hydrogen-bond acceptors (Lipinski definition) is 3. The Morgan fingerprint density at radius 1 is 1.33 bits per heavy atom. The number of piperidine rings is 1. The number of benzene rings is 1. The van der Waals surface area contributed by atoms with Crippen LogP contribution in [0, 0.1) is 0 Å². The molecule has 1 aromatic carbocycles. The smallest absolute Gasteiger partial charge is 0.257 e. The quantitative estimate of drug-likeness (QED) is 0.885. The van der Waals surface area contributed by atoms with Crippen molar-refractivity contribution in [2.75, 3.05) is 6.54 Å². The summed E-state index contributed by atoms with van der Waals surface area (Å²) in [4.78, 5) is 15.0. The summed E-state index contributed by atoms with van der Waals surface area (Å²) in [6.45, 7) is 2.86. The number of aryl methyl sites for hydroxylation is 2. The molecule has 1 saturated heterocycles. The molecule has 2 N–H and O–H groups in total. The molecule has 5 heteroatoms. The van der Waals surface area contributed by atoms with Crippen LogP contribution in [-0.4, -0.2) is 38.7 Å². The van der Waals surface area contributed by atoms with E-state index in [1.54, 1.807) is 18.3 Å². The van der Waals surface area contributed by atoms with Crippen molar-refractivity contribution < 1.29 is 9.90 Å². The van der Waals surface area contributed by atoms with E-state index in [-0.39, 0.29) is 11.9 Å². The lowest BCUT2D eigenvalue weighted by molar-refractivity contribution is 0.0601. The molecule has 1 aliphatic heterocycles. The minimum absolute atomic E-state index is 0.107. The molecule has 3 rings (SSSR count). The van der Waals surface area contributed by atoms with Crippen LogP contribution in [0.25, 0.3) is 0 Å². The van der Waals surface area contributed by atoms with Gasteiger partial charge in [0.1, 0.15) is 5.75 Å². The maximum Gasteiger partial charge on any atom is 0.257 e. The number of carbonyl (C=O) groups is 1. The van der Waals surface area contributed by atoms with Gasteiger partial charge in [0.2, 0.25) is 0 Å². The minimum Gasteiger partial charge on any atom is -0.508 e. The van der Waals surface area contributed by atoms with Crippen molar-refractivity contribution in [3.05, 3.63) is 47.3 Å². The average Bonchev–Trinajstić information content (AvgIpc) is 3.09. The van der Waals surface area contributed by atoms with E-state index in [4.69, 9.17) is 0 Å². The Labute approximate surface area is 142 Å². The molecule has 128 valence electrons. The number of nitrogens with one attached hydrogen (secondary N) is 1. The van der Waals surface area contributed by atoms with Gasteiger partial charge in [0.05, 0.1) is 11.8 Å². The Morgan fingerprint density at radius 2 is 2.12 bits per heavy atom. The van der Waals surface area contributed by atoms with E-state index in [1.807, 2.05) is 24.0 Å². The van der Waals surface area contributed by atoms with Crippen molar-refractivity contribution in [2.24, 2.45) is 0 Å². The third-order valence-corrected chi connectivity index (χ3v) is 4.89. The number of rotatable bonds is 5. The standard InChI is InChI=1S/C19H25N3O2/c1-2-18-17(13-20-21-18)19(24)22-12-4-3-5-15(22)9-6-14-7-10-16(23)11-8-14/h7-8,10-11,13,15,23H,2-6,9,12H2,1H3,(H,20,21)/t15-/m0/s1. The minimum atomic E-state index is 0.107. The highest BCUT2D eigenvalue weighted by molar-refractivity contribution is 5.95. The van der Waals surface area contributed by atoms with Gasteiger partial charge in [0, 0.05) is 18.3 Å². The molecule has 0 radical (unpaired) electrons. The van der Waals surface area contributed by atoms with Gasteiger partial charge in [-0.1, -0.05) is 19.1 Å². The summed E-state index contributed by atoms with van der Waals surface area (Å²) >= 11 is 0. The van der Waals surface area contributed by atoms with Crippen LogP contribution in [0.4, 0.5) is 0 Å². The van der Waals surface area contributed by atoms with Crippen LogP contribution in [0.2, 0.25) is 0 Å². The largest absolute Gasteiger partial charge is 0.508 e. The van der Waals surface area contributed by atoms with Crippen LogP contribution >= 0.6 is 0 Å². The fourth-order valence-corrected chi connectivity index (χ4v) is 3.49. The second-order valence-electron chi connectivity index (χ2n) is 6.47. The fourth-order valence-electron chi connectivity index (χ4n) is 3.49. The molecule has 2 heterocycles. The summed E-state index contributed by atoms with van der Waals surface area (Å²) < 4.78 is 0. The first-order valence-corrected chi connectivity index (χ1v) is 8.80. The Hall–Kier alpha value is -2.30. The molecule has 5 nitrogen and oxygen atoms in total. The maximum absolute atomic E-state index is 12.9. The molecular weight excluding hydrogens is 302 g/mol. The van der Waals surface area contributed by atoms with E-state index in [2.05, 4.69) is 10.2 Å². The lowest BCUT2D eigenvalue weighted by Crippen LogP contribution is -2.44. The summed E-state index contributed by atoms with van der Waals surface area (Å²) in [6.07, 6.45) is 7.62. The summed E-state index contributed by atoms with van der Waals surface area (Å²) in [5.41, 5.74) is 2.83. The zero-order chi connectivity index (χ0) is 16.9. The number of phenolic OH excluding ortho intramolecular Hbond substituents is 1. The van der Waals surface area contributed by atoms with Crippen molar-refractivity contribution in [3.8, 4) is 5.75 Å². The van der Waals surface area contributed by atoms with Gasteiger partial charge in [-0.25, -0.2) is 0 Å². The van der Waals surface area contributed by atoms with Gasteiger partial charge in [-0.05, 0) is 56.2 Å². The maximum atomic E-state index is 12.9. The number of nitrogens with zero attached hydrogens (tertiary/aromatic N) is 2. The highest BCUT2D eigenvalue weighted by atomic mass is 16.3. The summed E-state index contributed by atoms with van der Waals surface area (Å²) in [5.74, 6) is 0.399. The number of H-pyrrole nitrogens is 1. The molecule has 1 atom stereocenters. The zero-order valence-corrected chi connectivity index (χ0v) is 14.2. The molecule has 0 saturated carbocycles. The van der Waals surface area contributed by atoms with Crippen molar-refractivity contribution in [2.45, 2.75) is 51.5 Å². The van der Waals surface area contributed by atoms with Gasteiger partial charge in [-0.3, -0.25) is 9.89 Å². The van der Waals surface area contributed by atoms with Crippen molar-refractivity contribution in [3.63, 3.8) is 0 Å². The lowest BCUT2D eigenvalue weighted by atomic mass is 9.95. The third kappa shape index (κ3) is 3.61. The predicted molar refractivity (Wildman–Crippen MR) is 93.1 cm³/mol. The molecule has 0 unspecified atom stereocenters. The molecule has 0 bridgehead atoms. The van der Waals surface area contributed by atoms with Crippen LogP contribution in [0.5, 0.6) is 5.75 Å². The highest BCUT2D eigenvalue weighted by Gasteiger charge is 2.28. The number of aromatic hydroxyl groups is 1. The topological polar surface area (TPSA) is 69.2 Å². The Balaban J connectivity index is 1.69. The third-order valence-electron chi connectivity index (χ3n) is 4.89. The summed E-state index contributed by atoms with van der Waals surface area (Å²) in [6, 6.07) is 7.63. The van der Waals surface area contributed by atoms with Crippen molar-refractivity contribution in [1.82, 2.24) is 15.1 Å². The van der Waals surface area contributed by atoms with Crippen LogP contribution in [0.15, 0.2) is 30.5 Å². The average molecular weight is 327 g/mol. The van der Waals surface area contributed by atoms with E-state index in [0.717, 1.165) is 44.3 Å². The van der Waals surface area contributed by atoms with Gasteiger partial charge in [-0.2, -0.15) is 5.10 Å². The second kappa shape index (κ2) is 7.51. The second-order valence-corrected chi connectivity index (χ2v) is 6.47. The first-order valence-electron chi connectivity index (χ1n) is 8.80. The summed E-state index contributed by atoms with van der Waals surface area (Å²) in [5, 5.41) is 16.4. The molecule has 0 spiro atoms. The Bertz CT molecular complexity index is 678. The van der Waals surface area contributed by atoms with Crippen LogP contribution in [0.3, 0.4) is 0 Å². The van der Waals surface area contributed by atoms with Gasteiger partial charge in [0.15, 0.2) is 0 Å². The molecule has 0 aliphatic carbocycles. The predicted octanol–water partition coefficient (Wildman–Crippen LogP) is 3.31. The van der Waals surface area contributed by atoms with E-state index < -0.39 is 0 Å². The molecule has 2 aromatic rings. The summed E-state index contributed by atoms with van der Waals surface area (Å²) in [7, 11) is 0. The molecule has 1 aliphatic rings. The monoisotopic (exact) mass is 327 g/mol. The van der Waals surface area contributed by atoms with E-state index in [9.17, 15) is 9.90 Å². The molecule has 1 amide bonds. The normalized spacial score (nSPS) is 17.9. The van der Waals surface area contributed by atoms with Gasteiger partial charge >= 0.3 is 0 Å². The van der Waals surface area contributed by atoms with E-state index in [0.29, 0.717) is 11.3 Å². The van der Waals surface area contributed by atoms with Crippen LogP contribution in [0.1, 0.15) is 54.2 Å². The molecular formula is C19H25N3O2. The number of phenols is 1. The first kappa shape index (κ1) is 16.6. The van der Waals surface area contributed by atoms with E-state index >= 15 is 0 Å². The number of carbonyl (C=O) groups excluding carboxylic acids is 1. The van der Waals surface area contributed by atoms with Gasteiger partial charge in [0.25, 0.3) is 5.91 Å². The van der Waals surface area contributed by atoms with E-state index in [1.165, 1.54) is 12.0 Å². The van der Waals surface area contributed by atoms with Crippen molar-refractivity contribution >= 4 is 5.91 Å². The fraction of sp³-hybridized carbons (Fsp3) is 0.474. The first-order chi connectivity index (χ1) is 11.7. The number of aromatic nitrogens is 2. The van der Waals surface area contributed by atoms with Gasteiger partial charge in [-0.15, -0.1) is 0 Å². The molecule has 24 heavy (non-hydrogen) atoms. The zero-order valence-electron chi connectivity index (χ0n) is 14.2. The lowest BCUT2D eigenvalue weighted by Gasteiger charge is -2.36. The van der Waals surface area contributed by atoms with Gasteiger partial charge < -0.3 is 10.0 Å². The molecule has 1 aromatic heterocycles. The number of likely N-dealkylation sites (tertiary alicyclic amines) is 1. The Kier molecular flexibility index (Phi) is 5.18. The van der Waals surface area contributed by atoms with Crippen molar-refractivity contribution in [1.29, 1.82) is 0 Å². The SMILES string of the molecule is CCc1[nH]ncc1C(=O)N1CCCC[C@H]1CCc1ccc(O)cc1. The number of amides is 1. The van der Waals surface area contributed by atoms with Crippen LogP contribution < -0.4 is 0 Å². The van der Waals surface area contributed by atoms with Crippen LogP contribution in [-0.2, 0) is 12.8 Å². The Morgan fingerprint density at radius 3 is 2.88 bits per heavy atom.